The Morgan fingerprint density at radius 1 is 1.08 bits per heavy atom. The summed E-state index contributed by atoms with van der Waals surface area (Å²) in [5, 5.41) is 3.50. The molecule has 1 heterocycles. The van der Waals surface area contributed by atoms with E-state index in [4.69, 9.17) is 11.5 Å². The van der Waals surface area contributed by atoms with E-state index in [-0.39, 0.29) is 12.1 Å². The van der Waals surface area contributed by atoms with Gasteiger partial charge < -0.3 is 16.8 Å². The molecule has 4 unspecified atom stereocenters. The summed E-state index contributed by atoms with van der Waals surface area (Å²) in [5.74, 6) is 0. The van der Waals surface area contributed by atoms with Gasteiger partial charge in [-0.3, -0.25) is 0 Å². The highest BCUT2D eigenvalue weighted by atomic mass is 15.0. The van der Waals surface area contributed by atoms with Gasteiger partial charge in [0.1, 0.15) is 0 Å². The molecule has 0 spiro atoms. The molecule has 12 heavy (non-hydrogen) atoms. The van der Waals surface area contributed by atoms with E-state index in [1.165, 1.54) is 19.3 Å². The van der Waals surface area contributed by atoms with E-state index in [2.05, 4.69) is 19.2 Å². The second-order valence-electron chi connectivity index (χ2n) is 4.03. The van der Waals surface area contributed by atoms with Gasteiger partial charge in [0.15, 0.2) is 0 Å². The zero-order chi connectivity index (χ0) is 9.14. The molecule has 72 valence electrons. The van der Waals surface area contributed by atoms with Gasteiger partial charge in [-0.2, -0.15) is 0 Å². The van der Waals surface area contributed by atoms with Crippen molar-refractivity contribution < 1.29 is 0 Å². The number of hydrogen-bond acceptors (Lipinski definition) is 3. The summed E-state index contributed by atoms with van der Waals surface area (Å²) in [7, 11) is 0. The van der Waals surface area contributed by atoms with Crippen molar-refractivity contribution in [2.24, 2.45) is 11.5 Å². The Kier molecular flexibility index (Phi) is 3.50. The lowest BCUT2D eigenvalue weighted by atomic mass is 9.92. The summed E-state index contributed by atoms with van der Waals surface area (Å²) < 4.78 is 0. The molecule has 0 saturated carbocycles. The predicted molar refractivity (Wildman–Crippen MR) is 51.9 cm³/mol. The Bertz CT molecular complexity index is 120. The minimum atomic E-state index is 0.242. The molecule has 1 aliphatic heterocycles. The molecule has 0 radical (unpaired) electrons. The lowest BCUT2D eigenvalue weighted by molar-refractivity contribution is 0.271. The summed E-state index contributed by atoms with van der Waals surface area (Å²) in [6, 6.07) is 1.42. The molecule has 0 aliphatic carbocycles. The average molecular weight is 171 g/mol. The predicted octanol–water partition coefficient (Wildman–Crippen LogP) is 0.192. The largest absolute Gasteiger partial charge is 0.327 e. The molecule has 4 atom stereocenters. The van der Waals surface area contributed by atoms with Crippen LogP contribution in [0.4, 0.5) is 0 Å². The first-order valence-corrected chi connectivity index (χ1v) is 4.88. The molecule has 0 aromatic rings. The molecule has 1 aliphatic rings. The van der Waals surface area contributed by atoms with Crippen LogP contribution in [0.2, 0.25) is 0 Å². The van der Waals surface area contributed by atoms with Gasteiger partial charge in [0, 0.05) is 24.2 Å². The summed E-state index contributed by atoms with van der Waals surface area (Å²) in [6.45, 7) is 4.11. The van der Waals surface area contributed by atoms with Crippen LogP contribution in [0.5, 0.6) is 0 Å². The second kappa shape index (κ2) is 4.21. The SMILES string of the molecule is CC(N)C1CCCC(C(C)N)N1. The van der Waals surface area contributed by atoms with Crippen LogP contribution < -0.4 is 16.8 Å². The van der Waals surface area contributed by atoms with Crippen LogP contribution >= 0.6 is 0 Å². The van der Waals surface area contributed by atoms with Crippen molar-refractivity contribution in [2.45, 2.75) is 57.3 Å². The number of nitrogens with two attached hydrogens (primary N) is 2. The minimum absolute atomic E-state index is 0.242. The average Bonchev–Trinajstić information content (AvgIpc) is 2.04. The van der Waals surface area contributed by atoms with Crippen LogP contribution in [0.1, 0.15) is 33.1 Å². The first-order valence-electron chi connectivity index (χ1n) is 4.88. The molecule has 0 aromatic heterocycles. The van der Waals surface area contributed by atoms with E-state index in [1.54, 1.807) is 0 Å². The van der Waals surface area contributed by atoms with Crippen LogP contribution in [-0.2, 0) is 0 Å². The topological polar surface area (TPSA) is 64.1 Å². The highest BCUT2D eigenvalue weighted by molar-refractivity contribution is 4.88. The standard InChI is InChI=1S/C9H21N3/c1-6(10)8-4-3-5-9(12-8)7(2)11/h6-9,12H,3-5,10-11H2,1-2H3. The molecule has 0 aromatic carbocycles. The fraction of sp³-hybridized carbons (Fsp3) is 1.00. The maximum Gasteiger partial charge on any atom is 0.0219 e. The highest BCUT2D eigenvalue weighted by Crippen LogP contribution is 2.15. The van der Waals surface area contributed by atoms with E-state index in [9.17, 15) is 0 Å². The first-order chi connectivity index (χ1) is 5.61. The van der Waals surface area contributed by atoms with E-state index in [0.29, 0.717) is 12.1 Å². The zero-order valence-electron chi connectivity index (χ0n) is 8.09. The molecule has 1 fully saturated rings. The Morgan fingerprint density at radius 3 is 1.83 bits per heavy atom. The summed E-state index contributed by atoms with van der Waals surface area (Å²) >= 11 is 0. The van der Waals surface area contributed by atoms with Crippen molar-refractivity contribution >= 4 is 0 Å². The van der Waals surface area contributed by atoms with Gasteiger partial charge in [0.25, 0.3) is 0 Å². The molecular formula is C9H21N3. The van der Waals surface area contributed by atoms with Crippen LogP contribution in [-0.4, -0.2) is 24.2 Å². The molecule has 3 nitrogen and oxygen atoms in total. The highest BCUT2D eigenvalue weighted by Gasteiger charge is 2.25. The smallest absolute Gasteiger partial charge is 0.0219 e. The normalized spacial score (nSPS) is 36.0. The van der Waals surface area contributed by atoms with Crippen LogP contribution in [0.25, 0.3) is 0 Å². The molecule has 5 N–H and O–H groups in total. The third-order valence-corrected chi connectivity index (χ3v) is 2.73. The van der Waals surface area contributed by atoms with Gasteiger partial charge in [0.05, 0.1) is 0 Å². The van der Waals surface area contributed by atoms with Gasteiger partial charge in [-0.25, -0.2) is 0 Å². The minimum Gasteiger partial charge on any atom is -0.327 e. The number of nitrogens with one attached hydrogen (secondary N) is 1. The van der Waals surface area contributed by atoms with Gasteiger partial charge in [-0.1, -0.05) is 6.42 Å². The van der Waals surface area contributed by atoms with E-state index in [0.717, 1.165) is 0 Å². The van der Waals surface area contributed by atoms with Crippen molar-refractivity contribution in [3.63, 3.8) is 0 Å². The van der Waals surface area contributed by atoms with E-state index < -0.39 is 0 Å². The Labute approximate surface area is 74.9 Å². The van der Waals surface area contributed by atoms with Gasteiger partial charge >= 0.3 is 0 Å². The van der Waals surface area contributed by atoms with Crippen LogP contribution in [0.15, 0.2) is 0 Å². The lowest BCUT2D eigenvalue weighted by Gasteiger charge is -2.35. The molecule has 1 saturated heterocycles. The summed E-state index contributed by atoms with van der Waals surface area (Å²) in [5.41, 5.74) is 11.7. The van der Waals surface area contributed by atoms with Gasteiger partial charge in [-0.15, -0.1) is 0 Å². The van der Waals surface area contributed by atoms with Crippen molar-refractivity contribution in [3.05, 3.63) is 0 Å². The quantitative estimate of drug-likeness (QED) is 0.556. The summed E-state index contributed by atoms with van der Waals surface area (Å²) in [4.78, 5) is 0. The fourth-order valence-corrected chi connectivity index (χ4v) is 1.83. The molecule has 0 bridgehead atoms. The Balaban J connectivity index is 2.40. The zero-order valence-corrected chi connectivity index (χ0v) is 8.09. The summed E-state index contributed by atoms with van der Waals surface area (Å²) in [6.07, 6.45) is 3.65. The van der Waals surface area contributed by atoms with Gasteiger partial charge in [0.2, 0.25) is 0 Å². The van der Waals surface area contributed by atoms with Crippen molar-refractivity contribution in [1.82, 2.24) is 5.32 Å². The lowest BCUT2D eigenvalue weighted by Crippen LogP contribution is -2.55. The molecular weight excluding hydrogens is 150 g/mol. The van der Waals surface area contributed by atoms with Crippen molar-refractivity contribution in [3.8, 4) is 0 Å². The Hall–Kier alpha value is -0.120. The van der Waals surface area contributed by atoms with E-state index in [1.807, 2.05) is 0 Å². The second-order valence-corrected chi connectivity index (χ2v) is 4.03. The molecule has 3 heteroatoms. The number of hydrogen-bond donors (Lipinski definition) is 3. The van der Waals surface area contributed by atoms with E-state index >= 15 is 0 Å². The third kappa shape index (κ3) is 2.44. The van der Waals surface area contributed by atoms with Crippen molar-refractivity contribution in [2.75, 3.05) is 0 Å². The van der Waals surface area contributed by atoms with Crippen LogP contribution in [0.3, 0.4) is 0 Å². The maximum absolute atomic E-state index is 5.83. The first kappa shape index (κ1) is 9.96. The Morgan fingerprint density at radius 2 is 1.50 bits per heavy atom. The number of rotatable bonds is 2. The van der Waals surface area contributed by atoms with Gasteiger partial charge in [-0.05, 0) is 26.7 Å². The fourth-order valence-electron chi connectivity index (χ4n) is 1.83. The monoisotopic (exact) mass is 171 g/mol. The van der Waals surface area contributed by atoms with Crippen molar-refractivity contribution in [1.29, 1.82) is 0 Å². The molecule has 0 amide bonds. The maximum atomic E-state index is 5.83. The number of piperidine rings is 1. The third-order valence-electron chi connectivity index (χ3n) is 2.73. The molecule has 1 rings (SSSR count). The van der Waals surface area contributed by atoms with Crippen LogP contribution in [0, 0.1) is 0 Å².